The van der Waals surface area contributed by atoms with Gasteiger partial charge in [-0.25, -0.2) is 0 Å². The highest BCUT2D eigenvalue weighted by atomic mass is 17.2. The molecule has 0 aliphatic carbocycles. The Hall–Kier alpha value is -0.690. The number of esters is 1. The number of hydrogen-bond donors (Lipinski definition) is 0. The van der Waals surface area contributed by atoms with Gasteiger partial charge in [-0.05, 0) is 19.3 Å². The molecular formula is C21H34O6. The van der Waals surface area contributed by atoms with E-state index in [1.54, 1.807) is 0 Å². The van der Waals surface area contributed by atoms with E-state index in [0.717, 1.165) is 38.5 Å². The van der Waals surface area contributed by atoms with Gasteiger partial charge in [-0.15, -0.1) is 0 Å². The number of ether oxygens (including phenoxy) is 5. The highest BCUT2D eigenvalue weighted by Crippen LogP contribution is 2.88. The lowest BCUT2D eigenvalue weighted by Crippen LogP contribution is -2.39. The third kappa shape index (κ3) is 3.78. The number of carbonyl (C=O) groups excluding carboxylic acids is 1. The van der Waals surface area contributed by atoms with Crippen LogP contribution < -0.4 is 0 Å². The SMILES string of the molecule is CCCCCOC(=O)CCCCCCCCCCCC1OC12OC13OC12O3. The molecule has 154 valence electrons. The van der Waals surface area contributed by atoms with Crippen molar-refractivity contribution in [1.29, 1.82) is 0 Å². The second kappa shape index (κ2) is 7.97. The first kappa shape index (κ1) is 19.6. The first-order chi connectivity index (χ1) is 13.2. The Balaban J connectivity index is 0.875. The predicted octanol–water partition coefficient (Wildman–Crippen LogP) is 4.55. The molecule has 0 bridgehead atoms. The minimum absolute atomic E-state index is 0.0217. The fourth-order valence-electron chi connectivity index (χ4n) is 4.27. The summed E-state index contributed by atoms with van der Waals surface area (Å²) >= 11 is 0. The van der Waals surface area contributed by atoms with Gasteiger partial charge in [0, 0.05) is 6.42 Å². The van der Waals surface area contributed by atoms with Crippen molar-refractivity contribution in [2.24, 2.45) is 0 Å². The van der Waals surface area contributed by atoms with Gasteiger partial charge in [-0.3, -0.25) is 19.0 Å². The van der Waals surface area contributed by atoms with E-state index in [2.05, 4.69) is 6.92 Å². The van der Waals surface area contributed by atoms with Gasteiger partial charge in [0.15, 0.2) is 0 Å². The van der Waals surface area contributed by atoms with Crippen LogP contribution in [0, 0.1) is 0 Å². The molecule has 0 radical (unpaired) electrons. The number of hydrogen-bond acceptors (Lipinski definition) is 6. The Kier molecular flexibility index (Phi) is 5.79. The summed E-state index contributed by atoms with van der Waals surface area (Å²) in [4.78, 5) is 11.5. The van der Waals surface area contributed by atoms with E-state index in [0.29, 0.717) is 13.0 Å². The van der Waals surface area contributed by atoms with Crippen LogP contribution in [0.3, 0.4) is 0 Å². The van der Waals surface area contributed by atoms with Crippen LogP contribution in [0.25, 0.3) is 0 Å². The lowest BCUT2D eigenvalue weighted by Gasteiger charge is -2.10. The van der Waals surface area contributed by atoms with Crippen LogP contribution in [0.2, 0.25) is 0 Å². The fourth-order valence-corrected chi connectivity index (χ4v) is 4.27. The fraction of sp³-hybridized carbons (Fsp3) is 0.952. The van der Waals surface area contributed by atoms with E-state index in [9.17, 15) is 4.79 Å². The Morgan fingerprint density at radius 1 is 0.852 bits per heavy atom. The quantitative estimate of drug-likeness (QED) is 0.222. The minimum Gasteiger partial charge on any atom is -0.466 e. The van der Waals surface area contributed by atoms with Crippen molar-refractivity contribution in [2.45, 2.75) is 120 Å². The van der Waals surface area contributed by atoms with E-state index in [1.807, 2.05) is 0 Å². The van der Waals surface area contributed by atoms with Crippen LogP contribution in [-0.4, -0.2) is 36.2 Å². The van der Waals surface area contributed by atoms with E-state index < -0.39 is 17.5 Å². The molecule has 2 unspecified atom stereocenters. The van der Waals surface area contributed by atoms with Crippen LogP contribution in [0.4, 0.5) is 0 Å². The average Bonchev–Trinajstić information content (AvgIpc) is 3.53. The summed E-state index contributed by atoms with van der Waals surface area (Å²) in [6.07, 6.45) is 16.0. The molecule has 27 heavy (non-hydrogen) atoms. The molecule has 4 rings (SSSR count). The van der Waals surface area contributed by atoms with Crippen molar-refractivity contribution < 1.29 is 28.5 Å². The third-order valence-electron chi connectivity index (χ3n) is 6.16. The van der Waals surface area contributed by atoms with Gasteiger partial charge in [0.1, 0.15) is 6.10 Å². The molecule has 0 aromatic carbocycles. The lowest BCUT2D eigenvalue weighted by molar-refractivity contribution is -0.166. The Morgan fingerprint density at radius 3 is 2.11 bits per heavy atom. The molecule has 0 N–H and O–H groups in total. The number of rotatable bonds is 16. The van der Waals surface area contributed by atoms with E-state index in [-0.39, 0.29) is 12.1 Å². The Bertz CT molecular complexity index is 529. The molecule has 0 aromatic rings. The summed E-state index contributed by atoms with van der Waals surface area (Å²) in [5.41, 5.74) is 0. The first-order valence-corrected chi connectivity index (χ1v) is 11.1. The highest BCUT2D eigenvalue weighted by Gasteiger charge is 3.16. The molecule has 0 amide bonds. The van der Waals surface area contributed by atoms with Crippen LogP contribution in [-0.2, 0) is 28.5 Å². The molecule has 2 atom stereocenters. The molecule has 0 saturated carbocycles. The van der Waals surface area contributed by atoms with E-state index in [4.69, 9.17) is 23.7 Å². The van der Waals surface area contributed by atoms with Gasteiger partial charge in [-0.1, -0.05) is 71.1 Å². The maximum absolute atomic E-state index is 11.5. The van der Waals surface area contributed by atoms with Crippen molar-refractivity contribution in [3.8, 4) is 0 Å². The second-order valence-corrected chi connectivity index (χ2v) is 8.40. The number of unbranched alkanes of at least 4 members (excludes halogenated alkanes) is 10. The van der Waals surface area contributed by atoms with Crippen molar-refractivity contribution in [3.63, 3.8) is 0 Å². The standard InChI is InChI=1S/C21H34O6/c1-2-3-13-16-23-18(22)15-12-10-8-6-4-5-7-9-11-14-17-19(24-17)20-21(25-19,26-20)27-20/h17H,2-16H2,1H3. The maximum atomic E-state index is 11.5. The summed E-state index contributed by atoms with van der Waals surface area (Å²) in [6, 6.07) is 0. The smallest absolute Gasteiger partial charge is 0.355 e. The molecule has 6 nitrogen and oxygen atoms in total. The van der Waals surface area contributed by atoms with Gasteiger partial charge < -0.3 is 9.47 Å². The van der Waals surface area contributed by atoms with Crippen LogP contribution >= 0.6 is 0 Å². The van der Waals surface area contributed by atoms with E-state index >= 15 is 0 Å². The summed E-state index contributed by atoms with van der Waals surface area (Å²) < 4.78 is 27.1. The minimum atomic E-state index is -0.656. The maximum Gasteiger partial charge on any atom is 0.355 e. The van der Waals surface area contributed by atoms with E-state index in [1.165, 1.54) is 44.9 Å². The van der Waals surface area contributed by atoms with Gasteiger partial charge in [0.2, 0.25) is 0 Å². The summed E-state index contributed by atoms with van der Waals surface area (Å²) in [5, 5.41) is 0. The molecule has 4 saturated heterocycles. The van der Waals surface area contributed by atoms with Crippen molar-refractivity contribution >= 4 is 5.97 Å². The van der Waals surface area contributed by atoms with Gasteiger partial charge in [-0.2, -0.15) is 0 Å². The zero-order valence-corrected chi connectivity index (χ0v) is 16.6. The van der Waals surface area contributed by atoms with Gasteiger partial charge in [0.25, 0.3) is 5.79 Å². The van der Waals surface area contributed by atoms with Crippen molar-refractivity contribution in [1.82, 2.24) is 0 Å². The normalized spacial score (nSPS) is 36.7. The molecule has 4 aliphatic heterocycles. The number of epoxide rings is 3. The third-order valence-corrected chi connectivity index (χ3v) is 6.16. The molecule has 4 fully saturated rings. The summed E-state index contributed by atoms with van der Waals surface area (Å²) in [5.74, 6) is -1.67. The second-order valence-electron chi connectivity index (χ2n) is 8.40. The monoisotopic (exact) mass is 382 g/mol. The zero-order chi connectivity index (χ0) is 18.8. The molecular weight excluding hydrogens is 348 g/mol. The predicted molar refractivity (Wildman–Crippen MR) is 97.6 cm³/mol. The average molecular weight is 382 g/mol. The first-order valence-electron chi connectivity index (χ1n) is 11.1. The highest BCUT2D eigenvalue weighted by molar-refractivity contribution is 5.69. The molecule has 6 heteroatoms. The summed E-state index contributed by atoms with van der Waals surface area (Å²) in [7, 11) is 0. The zero-order valence-electron chi connectivity index (χ0n) is 16.6. The molecule has 4 heterocycles. The summed E-state index contributed by atoms with van der Waals surface area (Å²) in [6.45, 7) is 2.75. The Labute approximate surface area is 162 Å². The van der Waals surface area contributed by atoms with Crippen molar-refractivity contribution in [2.75, 3.05) is 6.61 Å². The Morgan fingerprint density at radius 2 is 1.52 bits per heavy atom. The molecule has 1 spiro atoms. The number of carbonyl (C=O) groups is 1. The largest absolute Gasteiger partial charge is 0.466 e. The molecule has 4 aliphatic rings. The van der Waals surface area contributed by atoms with Crippen LogP contribution in [0.1, 0.15) is 96.8 Å². The van der Waals surface area contributed by atoms with Gasteiger partial charge in [0.05, 0.1) is 6.61 Å². The van der Waals surface area contributed by atoms with Crippen LogP contribution in [0.15, 0.2) is 0 Å². The van der Waals surface area contributed by atoms with Crippen molar-refractivity contribution in [3.05, 3.63) is 0 Å². The van der Waals surface area contributed by atoms with Crippen LogP contribution in [0.5, 0.6) is 0 Å². The lowest BCUT2D eigenvalue weighted by atomic mass is 10.0. The topological polar surface area (TPSA) is 73.1 Å². The van der Waals surface area contributed by atoms with Gasteiger partial charge >= 0.3 is 17.7 Å². The molecule has 0 aromatic heterocycles.